The van der Waals surface area contributed by atoms with Gasteiger partial charge in [0, 0.05) is 36.9 Å². The molecule has 0 radical (unpaired) electrons. The number of carbonyl (C=O) groups is 1. The van der Waals surface area contributed by atoms with Gasteiger partial charge in [-0.2, -0.15) is 5.10 Å². The van der Waals surface area contributed by atoms with Crippen LogP contribution in [0.4, 0.5) is 4.79 Å². The molecule has 5 nitrogen and oxygen atoms in total. The second-order valence-electron chi connectivity index (χ2n) is 6.31. The predicted octanol–water partition coefficient (Wildman–Crippen LogP) is 3.72. The van der Waals surface area contributed by atoms with Gasteiger partial charge in [-0.05, 0) is 44.9 Å². The lowest BCUT2D eigenvalue weighted by atomic mass is 10.1. The molecule has 0 bridgehead atoms. The average molecular weight is 349 g/mol. The fourth-order valence-electron chi connectivity index (χ4n) is 2.71. The highest BCUT2D eigenvalue weighted by molar-refractivity contribution is 6.30. The minimum atomic E-state index is -0.0905. The smallest absolute Gasteiger partial charge is 0.317 e. The summed E-state index contributed by atoms with van der Waals surface area (Å²) < 4.78 is 1.76. The molecule has 1 aromatic heterocycles. The number of hydrogen-bond acceptors (Lipinski definition) is 2. The van der Waals surface area contributed by atoms with Crippen LogP contribution in [0.3, 0.4) is 0 Å². The summed E-state index contributed by atoms with van der Waals surface area (Å²) in [6.45, 7) is 5.96. The fourth-order valence-corrected chi connectivity index (χ4v) is 2.83. The molecule has 24 heavy (non-hydrogen) atoms. The van der Waals surface area contributed by atoms with Crippen molar-refractivity contribution in [2.45, 2.75) is 39.3 Å². The standard InChI is InChI=1S/C18H25ClN4O/c1-12(10-15-6-8-16(19)9-7-15)23(5)18(24)20-13(2)17-11-22(4)21-14(17)3/h6-9,11-13H,10H2,1-5H3,(H,20,24)/t12-,13-/m1/s1. The van der Waals surface area contributed by atoms with E-state index in [2.05, 4.69) is 10.4 Å². The first-order valence-electron chi connectivity index (χ1n) is 8.06. The molecule has 2 atom stereocenters. The Bertz CT molecular complexity index is 696. The maximum atomic E-state index is 12.5. The van der Waals surface area contributed by atoms with E-state index in [0.29, 0.717) is 0 Å². The molecule has 0 spiro atoms. The number of rotatable bonds is 5. The van der Waals surface area contributed by atoms with E-state index in [0.717, 1.165) is 28.3 Å². The van der Waals surface area contributed by atoms with Crippen LogP contribution in [0.1, 0.15) is 36.7 Å². The van der Waals surface area contributed by atoms with Crippen LogP contribution in [0, 0.1) is 6.92 Å². The highest BCUT2D eigenvalue weighted by atomic mass is 35.5. The summed E-state index contributed by atoms with van der Waals surface area (Å²) in [4.78, 5) is 14.2. The molecule has 0 aliphatic rings. The Balaban J connectivity index is 1.95. The van der Waals surface area contributed by atoms with Gasteiger partial charge in [-0.3, -0.25) is 4.68 Å². The SMILES string of the molecule is Cc1nn(C)cc1[C@@H](C)NC(=O)N(C)[C@H](C)Cc1ccc(Cl)cc1. The van der Waals surface area contributed by atoms with E-state index in [4.69, 9.17) is 11.6 Å². The predicted molar refractivity (Wildman–Crippen MR) is 97.3 cm³/mol. The Morgan fingerprint density at radius 3 is 2.50 bits per heavy atom. The first-order chi connectivity index (χ1) is 11.3. The number of urea groups is 1. The molecular weight excluding hydrogens is 324 g/mol. The molecule has 2 aromatic rings. The maximum Gasteiger partial charge on any atom is 0.317 e. The van der Waals surface area contributed by atoms with E-state index in [1.165, 1.54) is 0 Å². The zero-order valence-electron chi connectivity index (χ0n) is 14.9. The lowest BCUT2D eigenvalue weighted by Crippen LogP contribution is -2.44. The summed E-state index contributed by atoms with van der Waals surface area (Å²) in [5.41, 5.74) is 3.12. The van der Waals surface area contributed by atoms with Crippen LogP contribution in [-0.2, 0) is 13.5 Å². The van der Waals surface area contributed by atoms with Gasteiger partial charge in [0.15, 0.2) is 0 Å². The Morgan fingerprint density at radius 1 is 1.33 bits per heavy atom. The van der Waals surface area contributed by atoms with Gasteiger partial charge in [0.2, 0.25) is 0 Å². The van der Waals surface area contributed by atoms with Crippen molar-refractivity contribution in [1.82, 2.24) is 20.0 Å². The molecule has 1 N–H and O–H groups in total. The third kappa shape index (κ3) is 4.51. The quantitative estimate of drug-likeness (QED) is 0.895. The van der Waals surface area contributed by atoms with Crippen molar-refractivity contribution in [3.63, 3.8) is 0 Å². The van der Waals surface area contributed by atoms with Crippen LogP contribution in [0.15, 0.2) is 30.5 Å². The summed E-state index contributed by atoms with van der Waals surface area (Å²) in [5.74, 6) is 0. The average Bonchev–Trinajstić information content (AvgIpc) is 2.87. The van der Waals surface area contributed by atoms with Crippen LogP contribution in [-0.4, -0.2) is 33.8 Å². The van der Waals surface area contributed by atoms with Gasteiger partial charge in [0.25, 0.3) is 0 Å². The first-order valence-corrected chi connectivity index (χ1v) is 8.43. The Morgan fingerprint density at radius 2 is 1.96 bits per heavy atom. The molecule has 0 unspecified atom stereocenters. The van der Waals surface area contributed by atoms with Crippen molar-refractivity contribution in [2.75, 3.05) is 7.05 Å². The van der Waals surface area contributed by atoms with Crippen molar-refractivity contribution in [3.05, 3.63) is 52.3 Å². The third-order valence-corrected chi connectivity index (χ3v) is 4.54. The zero-order chi connectivity index (χ0) is 17.9. The number of nitrogens with one attached hydrogen (secondary N) is 1. The molecule has 0 aliphatic heterocycles. The normalized spacial score (nSPS) is 13.4. The number of likely N-dealkylation sites (N-methyl/N-ethyl adjacent to an activating group) is 1. The summed E-state index contributed by atoms with van der Waals surface area (Å²) >= 11 is 5.91. The van der Waals surface area contributed by atoms with Gasteiger partial charge in [-0.15, -0.1) is 0 Å². The topological polar surface area (TPSA) is 50.2 Å². The number of nitrogens with zero attached hydrogens (tertiary/aromatic N) is 3. The van der Waals surface area contributed by atoms with Gasteiger partial charge in [0.1, 0.15) is 0 Å². The summed E-state index contributed by atoms with van der Waals surface area (Å²) in [7, 11) is 3.70. The van der Waals surface area contributed by atoms with E-state index in [1.54, 1.807) is 9.58 Å². The Hall–Kier alpha value is -2.01. The molecule has 0 saturated carbocycles. The van der Waals surface area contributed by atoms with Gasteiger partial charge >= 0.3 is 6.03 Å². The number of benzene rings is 1. The van der Waals surface area contributed by atoms with Crippen molar-refractivity contribution in [2.24, 2.45) is 7.05 Å². The second-order valence-corrected chi connectivity index (χ2v) is 6.74. The molecule has 1 aromatic carbocycles. The lowest BCUT2D eigenvalue weighted by Gasteiger charge is -2.27. The summed E-state index contributed by atoms with van der Waals surface area (Å²) in [6, 6.07) is 7.63. The molecule has 6 heteroatoms. The molecule has 130 valence electrons. The lowest BCUT2D eigenvalue weighted by molar-refractivity contribution is 0.190. The minimum absolute atomic E-state index is 0.0772. The molecule has 0 fully saturated rings. The molecule has 1 heterocycles. The molecule has 2 rings (SSSR count). The van der Waals surface area contributed by atoms with E-state index in [9.17, 15) is 4.79 Å². The highest BCUT2D eigenvalue weighted by Gasteiger charge is 2.20. The summed E-state index contributed by atoms with van der Waals surface area (Å²) in [6.07, 6.45) is 2.72. The number of aryl methyl sites for hydroxylation is 2. The molecular formula is C18H25ClN4O. The largest absolute Gasteiger partial charge is 0.331 e. The van der Waals surface area contributed by atoms with Gasteiger partial charge in [-0.25, -0.2) is 4.79 Å². The number of halogens is 1. The van der Waals surface area contributed by atoms with E-state index < -0.39 is 0 Å². The Labute approximate surface area is 148 Å². The number of hydrogen-bond donors (Lipinski definition) is 1. The van der Waals surface area contributed by atoms with Crippen molar-refractivity contribution in [3.8, 4) is 0 Å². The van der Waals surface area contributed by atoms with Crippen LogP contribution in [0.5, 0.6) is 0 Å². The molecule has 2 amide bonds. The number of carbonyl (C=O) groups excluding carboxylic acids is 1. The van der Waals surface area contributed by atoms with Crippen LogP contribution in [0.2, 0.25) is 5.02 Å². The van der Waals surface area contributed by atoms with E-state index in [-0.39, 0.29) is 18.1 Å². The van der Waals surface area contributed by atoms with Crippen LogP contribution in [0.25, 0.3) is 0 Å². The van der Waals surface area contributed by atoms with Crippen LogP contribution < -0.4 is 5.32 Å². The first kappa shape index (κ1) is 18.3. The highest BCUT2D eigenvalue weighted by Crippen LogP contribution is 2.17. The summed E-state index contributed by atoms with van der Waals surface area (Å²) in [5, 5.41) is 8.08. The van der Waals surface area contributed by atoms with Gasteiger partial charge < -0.3 is 10.2 Å². The minimum Gasteiger partial charge on any atom is -0.331 e. The second kappa shape index (κ2) is 7.71. The molecule has 0 saturated heterocycles. The van der Waals surface area contributed by atoms with Gasteiger partial charge in [-0.1, -0.05) is 23.7 Å². The molecule has 0 aliphatic carbocycles. The van der Waals surface area contributed by atoms with Crippen molar-refractivity contribution < 1.29 is 4.79 Å². The Kier molecular flexibility index (Phi) is 5.89. The monoisotopic (exact) mass is 348 g/mol. The third-order valence-electron chi connectivity index (χ3n) is 4.28. The fraction of sp³-hybridized carbons (Fsp3) is 0.444. The van der Waals surface area contributed by atoms with E-state index >= 15 is 0 Å². The maximum absolute atomic E-state index is 12.5. The number of amides is 2. The van der Waals surface area contributed by atoms with E-state index in [1.807, 2.05) is 65.3 Å². The zero-order valence-corrected chi connectivity index (χ0v) is 15.6. The number of aromatic nitrogens is 2. The van der Waals surface area contributed by atoms with Crippen molar-refractivity contribution in [1.29, 1.82) is 0 Å². The van der Waals surface area contributed by atoms with Crippen molar-refractivity contribution >= 4 is 17.6 Å². The van der Waals surface area contributed by atoms with Crippen LogP contribution >= 0.6 is 11.6 Å². The van der Waals surface area contributed by atoms with Gasteiger partial charge in [0.05, 0.1) is 11.7 Å².